The van der Waals surface area contributed by atoms with E-state index in [0.29, 0.717) is 6.04 Å². The zero-order chi connectivity index (χ0) is 13.9. The number of hydrogen-bond donors (Lipinski definition) is 1. The van der Waals surface area contributed by atoms with Crippen molar-refractivity contribution in [3.05, 3.63) is 11.1 Å². The van der Waals surface area contributed by atoms with Gasteiger partial charge >= 0.3 is 0 Å². The molecular weight excluding hydrogens is 260 g/mol. The molecule has 0 atom stereocenters. The van der Waals surface area contributed by atoms with E-state index in [2.05, 4.69) is 14.9 Å². The van der Waals surface area contributed by atoms with Crippen LogP contribution in [0.4, 0.5) is 0 Å². The number of piperidine rings is 1. The van der Waals surface area contributed by atoms with Crippen molar-refractivity contribution >= 4 is 17.4 Å². The van der Waals surface area contributed by atoms with Crippen LogP contribution >= 0.6 is 11.5 Å². The monoisotopic (exact) mass is 282 g/mol. The number of hydrogen-bond acceptors (Lipinski definition) is 5. The lowest BCUT2D eigenvalue weighted by molar-refractivity contribution is -0.140. The first-order valence-corrected chi connectivity index (χ1v) is 7.59. The van der Waals surface area contributed by atoms with Gasteiger partial charge in [-0.15, -0.1) is 5.10 Å². The molecule has 1 aliphatic heterocycles. The maximum absolute atomic E-state index is 12.2. The molecule has 19 heavy (non-hydrogen) atoms. The van der Waals surface area contributed by atoms with Gasteiger partial charge in [0.15, 0.2) is 0 Å². The number of aromatic nitrogens is 2. The van der Waals surface area contributed by atoms with E-state index in [-0.39, 0.29) is 11.3 Å². The van der Waals surface area contributed by atoms with Crippen LogP contribution in [0.2, 0.25) is 0 Å². The Kier molecular flexibility index (Phi) is 4.52. The number of carbonyl (C=O) groups is 1. The number of likely N-dealkylation sites (tertiary alicyclic amines) is 1. The molecule has 1 aromatic heterocycles. The van der Waals surface area contributed by atoms with Gasteiger partial charge in [-0.1, -0.05) is 25.3 Å². The van der Waals surface area contributed by atoms with Gasteiger partial charge in [0.05, 0.1) is 5.69 Å². The number of carbonyl (C=O) groups excluding carboxylic acids is 1. The highest BCUT2D eigenvalue weighted by molar-refractivity contribution is 7.03. The van der Waals surface area contributed by atoms with Crippen molar-refractivity contribution in [3.63, 3.8) is 0 Å². The molecular formula is C13H22N4OS. The fraction of sp³-hybridized carbons (Fsp3) is 0.769. The van der Waals surface area contributed by atoms with Crippen LogP contribution in [-0.4, -0.2) is 39.5 Å². The lowest BCUT2D eigenvalue weighted by Crippen LogP contribution is -2.48. The van der Waals surface area contributed by atoms with Crippen LogP contribution in [0.25, 0.3) is 0 Å². The topological polar surface area (TPSA) is 58.1 Å². The summed E-state index contributed by atoms with van der Waals surface area (Å²) < 4.78 is 3.85. The Morgan fingerprint density at radius 3 is 2.68 bits per heavy atom. The molecule has 1 saturated heterocycles. The lowest BCUT2D eigenvalue weighted by atomic mass is 9.93. The van der Waals surface area contributed by atoms with Crippen LogP contribution in [0, 0.1) is 5.41 Å². The van der Waals surface area contributed by atoms with Gasteiger partial charge in [0.2, 0.25) is 5.91 Å². The van der Waals surface area contributed by atoms with E-state index in [1.54, 1.807) is 0 Å². The van der Waals surface area contributed by atoms with E-state index < -0.39 is 0 Å². The summed E-state index contributed by atoms with van der Waals surface area (Å²) in [5, 5.41) is 9.47. The van der Waals surface area contributed by atoms with E-state index in [9.17, 15) is 4.79 Å². The summed E-state index contributed by atoms with van der Waals surface area (Å²) in [6, 6.07) is 0.478. The smallest absolute Gasteiger partial charge is 0.227 e. The average molecular weight is 282 g/mol. The Labute approximate surface area is 118 Å². The van der Waals surface area contributed by atoms with Gasteiger partial charge in [-0.3, -0.25) is 4.79 Å². The first-order valence-electron chi connectivity index (χ1n) is 6.75. The van der Waals surface area contributed by atoms with Crippen LogP contribution in [-0.2, 0) is 11.3 Å². The molecule has 1 fully saturated rings. The molecule has 1 aromatic rings. The molecule has 0 unspecified atom stereocenters. The molecule has 0 aliphatic carbocycles. The zero-order valence-corrected chi connectivity index (χ0v) is 12.7. The van der Waals surface area contributed by atoms with Crippen molar-refractivity contribution in [2.45, 2.75) is 46.2 Å². The molecule has 0 saturated carbocycles. The van der Waals surface area contributed by atoms with Crippen molar-refractivity contribution in [2.75, 3.05) is 13.1 Å². The third kappa shape index (κ3) is 3.98. The van der Waals surface area contributed by atoms with Crippen molar-refractivity contribution < 1.29 is 4.79 Å². The molecule has 1 N–H and O–H groups in total. The molecule has 1 amide bonds. The summed E-state index contributed by atoms with van der Waals surface area (Å²) in [5.74, 6) is 0.259. The van der Waals surface area contributed by atoms with Crippen molar-refractivity contribution in [1.29, 1.82) is 0 Å². The second-order valence-electron chi connectivity index (χ2n) is 6.09. The third-order valence-corrected chi connectivity index (χ3v) is 3.95. The van der Waals surface area contributed by atoms with Gasteiger partial charge in [0, 0.05) is 36.5 Å². The minimum Gasteiger partial charge on any atom is -0.342 e. The Bertz CT molecular complexity index is 405. The zero-order valence-electron chi connectivity index (χ0n) is 11.8. The summed E-state index contributed by atoms with van der Waals surface area (Å²) in [6.07, 6.45) is 2.03. The third-order valence-electron chi connectivity index (χ3n) is 3.40. The van der Waals surface area contributed by atoms with Crippen molar-refractivity contribution in [2.24, 2.45) is 5.41 Å². The van der Waals surface area contributed by atoms with Crippen LogP contribution in [0.5, 0.6) is 0 Å². The fourth-order valence-corrected chi connectivity index (χ4v) is 2.72. The Hall–Kier alpha value is -1.01. The molecule has 0 radical (unpaired) electrons. The molecule has 0 aromatic carbocycles. The van der Waals surface area contributed by atoms with Crippen LogP contribution in [0.3, 0.4) is 0 Å². The predicted octanol–water partition coefficient (Wildman–Crippen LogP) is 1.66. The number of nitrogens with zero attached hydrogens (tertiary/aromatic N) is 3. The second-order valence-corrected chi connectivity index (χ2v) is 6.70. The largest absolute Gasteiger partial charge is 0.342 e. The number of nitrogens with one attached hydrogen (secondary N) is 1. The van der Waals surface area contributed by atoms with Gasteiger partial charge in [-0.2, -0.15) is 0 Å². The highest BCUT2D eigenvalue weighted by atomic mass is 32.1. The summed E-state index contributed by atoms with van der Waals surface area (Å²) in [6.45, 7) is 8.42. The normalized spacial score (nSPS) is 17.7. The standard InChI is InChI=1S/C13H22N4OS/c1-13(2,3)12(18)17-6-4-10(5-7-17)14-8-11-9-19-16-15-11/h9-10,14H,4-8H2,1-3H3. The van der Waals surface area contributed by atoms with Gasteiger partial charge < -0.3 is 10.2 Å². The predicted molar refractivity (Wildman–Crippen MR) is 75.8 cm³/mol. The molecule has 1 aliphatic rings. The van der Waals surface area contributed by atoms with Gasteiger partial charge in [-0.25, -0.2) is 0 Å². The van der Waals surface area contributed by atoms with Crippen molar-refractivity contribution in [3.8, 4) is 0 Å². The SMILES string of the molecule is CC(C)(C)C(=O)N1CCC(NCc2csnn2)CC1. The minimum atomic E-state index is -0.271. The molecule has 2 heterocycles. The molecule has 0 bridgehead atoms. The molecule has 106 valence electrons. The van der Waals surface area contributed by atoms with Crippen molar-refractivity contribution in [1.82, 2.24) is 19.8 Å². The first kappa shape index (κ1) is 14.4. The summed E-state index contributed by atoms with van der Waals surface area (Å²) >= 11 is 1.38. The number of amides is 1. The first-order chi connectivity index (χ1) is 8.97. The summed E-state index contributed by atoms with van der Waals surface area (Å²) in [4.78, 5) is 14.1. The van der Waals surface area contributed by atoms with E-state index in [1.807, 2.05) is 31.1 Å². The van der Waals surface area contributed by atoms with E-state index in [0.717, 1.165) is 38.2 Å². The highest BCUT2D eigenvalue weighted by Gasteiger charge is 2.30. The van der Waals surface area contributed by atoms with Gasteiger partial charge in [-0.05, 0) is 24.4 Å². The van der Waals surface area contributed by atoms with E-state index in [1.165, 1.54) is 11.5 Å². The van der Waals surface area contributed by atoms with Crippen LogP contribution in [0.1, 0.15) is 39.3 Å². The molecule has 2 rings (SSSR count). The maximum atomic E-state index is 12.2. The number of rotatable bonds is 3. The summed E-state index contributed by atoms with van der Waals surface area (Å²) in [7, 11) is 0. The molecule has 6 heteroatoms. The van der Waals surface area contributed by atoms with Gasteiger partial charge in [0.25, 0.3) is 0 Å². The van der Waals surface area contributed by atoms with Gasteiger partial charge in [0.1, 0.15) is 0 Å². The summed E-state index contributed by atoms with van der Waals surface area (Å²) in [5.41, 5.74) is 0.727. The van der Waals surface area contributed by atoms with Crippen LogP contribution < -0.4 is 5.32 Å². The Morgan fingerprint density at radius 2 is 2.16 bits per heavy atom. The molecule has 5 nitrogen and oxygen atoms in total. The Balaban J connectivity index is 1.75. The van der Waals surface area contributed by atoms with Crippen LogP contribution in [0.15, 0.2) is 5.38 Å². The minimum absolute atomic E-state index is 0.259. The fourth-order valence-electron chi connectivity index (χ4n) is 2.27. The van der Waals surface area contributed by atoms with E-state index in [4.69, 9.17) is 0 Å². The highest BCUT2D eigenvalue weighted by Crippen LogP contribution is 2.21. The lowest BCUT2D eigenvalue weighted by Gasteiger charge is -2.36. The second kappa shape index (κ2) is 5.96. The Morgan fingerprint density at radius 1 is 1.47 bits per heavy atom. The molecule has 0 spiro atoms. The van der Waals surface area contributed by atoms with E-state index >= 15 is 0 Å². The average Bonchev–Trinajstić information content (AvgIpc) is 2.88. The maximum Gasteiger partial charge on any atom is 0.227 e. The quantitative estimate of drug-likeness (QED) is 0.916.